The fraction of sp³-hybridized carbons (Fsp3) is 0.143. The Morgan fingerprint density at radius 2 is 1.72 bits per heavy atom. The number of hydrogen-bond donors (Lipinski definition) is 1. The van der Waals surface area contributed by atoms with Crippen molar-refractivity contribution < 1.29 is 4.39 Å². The summed E-state index contributed by atoms with van der Waals surface area (Å²) in [7, 11) is 3.92. The molecule has 0 aliphatic heterocycles. The molecular formula is C14H14ClFN2. The van der Waals surface area contributed by atoms with Crippen LogP contribution in [0.3, 0.4) is 0 Å². The number of nitrogens with two attached hydrogens (primary N) is 1. The second-order valence-corrected chi connectivity index (χ2v) is 4.70. The molecule has 0 unspecified atom stereocenters. The van der Waals surface area contributed by atoms with Gasteiger partial charge >= 0.3 is 0 Å². The zero-order valence-corrected chi connectivity index (χ0v) is 11.0. The standard InChI is InChI=1S/C14H14ClFN2/c1-18(2)11-5-3-9(4-6-11)12-7-10(16)8-13(15)14(12)17/h3-8H,17H2,1-2H3. The van der Waals surface area contributed by atoms with Crippen LogP contribution in [0.15, 0.2) is 36.4 Å². The summed E-state index contributed by atoms with van der Waals surface area (Å²) in [6.45, 7) is 0. The topological polar surface area (TPSA) is 29.3 Å². The van der Waals surface area contributed by atoms with Crippen molar-refractivity contribution in [2.24, 2.45) is 0 Å². The van der Waals surface area contributed by atoms with Crippen LogP contribution in [0, 0.1) is 5.82 Å². The molecule has 2 aromatic carbocycles. The van der Waals surface area contributed by atoms with Gasteiger partial charge < -0.3 is 10.6 Å². The van der Waals surface area contributed by atoms with E-state index in [0.29, 0.717) is 11.3 Å². The van der Waals surface area contributed by atoms with Gasteiger partial charge in [0.05, 0.1) is 10.7 Å². The van der Waals surface area contributed by atoms with Crippen LogP contribution in [-0.2, 0) is 0 Å². The first-order valence-corrected chi connectivity index (χ1v) is 5.89. The highest BCUT2D eigenvalue weighted by Crippen LogP contribution is 2.33. The van der Waals surface area contributed by atoms with Crippen LogP contribution in [0.4, 0.5) is 15.8 Å². The van der Waals surface area contributed by atoms with Crippen molar-refractivity contribution in [3.63, 3.8) is 0 Å². The van der Waals surface area contributed by atoms with Gasteiger partial charge in [-0.25, -0.2) is 4.39 Å². The monoisotopic (exact) mass is 264 g/mol. The largest absolute Gasteiger partial charge is 0.397 e. The predicted octanol–water partition coefficient (Wildman–Crippen LogP) is 3.79. The minimum atomic E-state index is -0.388. The van der Waals surface area contributed by atoms with Crippen molar-refractivity contribution in [3.05, 3.63) is 47.2 Å². The number of nitrogen functional groups attached to an aromatic ring is 1. The SMILES string of the molecule is CN(C)c1ccc(-c2cc(F)cc(Cl)c2N)cc1. The minimum absolute atomic E-state index is 0.238. The number of anilines is 2. The van der Waals surface area contributed by atoms with Gasteiger partial charge in [0, 0.05) is 25.3 Å². The lowest BCUT2D eigenvalue weighted by atomic mass is 10.0. The number of rotatable bonds is 2. The molecule has 4 heteroatoms. The molecule has 0 bridgehead atoms. The van der Waals surface area contributed by atoms with Crippen LogP contribution in [0.1, 0.15) is 0 Å². The van der Waals surface area contributed by atoms with Gasteiger partial charge in [-0.2, -0.15) is 0 Å². The molecule has 18 heavy (non-hydrogen) atoms. The summed E-state index contributed by atoms with van der Waals surface area (Å²) in [4.78, 5) is 1.99. The second-order valence-electron chi connectivity index (χ2n) is 4.29. The first kappa shape index (κ1) is 12.7. The first-order chi connectivity index (χ1) is 8.49. The van der Waals surface area contributed by atoms with Crippen LogP contribution in [0.2, 0.25) is 5.02 Å². The van der Waals surface area contributed by atoms with Crippen LogP contribution < -0.4 is 10.6 Å². The van der Waals surface area contributed by atoms with Crippen LogP contribution in [-0.4, -0.2) is 14.1 Å². The van der Waals surface area contributed by atoms with E-state index in [4.69, 9.17) is 17.3 Å². The molecule has 2 nitrogen and oxygen atoms in total. The Morgan fingerprint density at radius 3 is 2.28 bits per heavy atom. The zero-order chi connectivity index (χ0) is 13.3. The normalized spacial score (nSPS) is 10.4. The lowest BCUT2D eigenvalue weighted by molar-refractivity contribution is 0.628. The van der Waals surface area contributed by atoms with Gasteiger partial charge in [0.2, 0.25) is 0 Å². The maximum absolute atomic E-state index is 13.4. The summed E-state index contributed by atoms with van der Waals surface area (Å²) in [6, 6.07) is 10.3. The number of halogens is 2. The van der Waals surface area contributed by atoms with Crippen molar-refractivity contribution in [1.82, 2.24) is 0 Å². The zero-order valence-electron chi connectivity index (χ0n) is 10.2. The Hall–Kier alpha value is -1.74. The molecule has 0 atom stereocenters. The van der Waals surface area contributed by atoms with E-state index in [9.17, 15) is 4.39 Å². The van der Waals surface area contributed by atoms with Gasteiger partial charge in [0.1, 0.15) is 5.82 Å². The van der Waals surface area contributed by atoms with E-state index in [2.05, 4.69) is 0 Å². The summed E-state index contributed by atoms with van der Waals surface area (Å²) in [5.74, 6) is -0.388. The molecule has 2 rings (SSSR count). The van der Waals surface area contributed by atoms with Gasteiger partial charge in [0.15, 0.2) is 0 Å². The van der Waals surface area contributed by atoms with Crippen molar-refractivity contribution in [2.45, 2.75) is 0 Å². The molecule has 0 saturated carbocycles. The molecular weight excluding hydrogens is 251 g/mol. The Labute approximate surface area is 111 Å². The Morgan fingerprint density at radius 1 is 1.11 bits per heavy atom. The fourth-order valence-corrected chi connectivity index (χ4v) is 1.97. The van der Waals surface area contributed by atoms with Crippen molar-refractivity contribution in [2.75, 3.05) is 24.7 Å². The quantitative estimate of drug-likeness (QED) is 0.836. The van der Waals surface area contributed by atoms with Gasteiger partial charge in [-0.15, -0.1) is 0 Å². The molecule has 2 N–H and O–H groups in total. The molecule has 2 aromatic rings. The van der Waals surface area contributed by atoms with E-state index >= 15 is 0 Å². The van der Waals surface area contributed by atoms with E-state index < -0.39 is 0 Å². The van der Waals surface area contributed by atoms with Gasteiger partial charge in [-0.05, 0) is 29.8 Å². The number of benzene rings is 2. The van der Waals surface area contributed by atoms with Gasteiger partial charge in [-0.1, -0.05) is 23.7 Å². The second kappa shape index (κ2) is 4.86. The van der Waals surface area contributed by atoms with E-state index in [1.54, 1.807) is 0 Å². The predicted molar refractivity (Wildman–Crippen MR) is 75.6 cm³/mol. The maximum Gasteiger partial charge on any atom is 0.125 e. The minimum Gasteiger partial charge on any atom is -0.397 e. The summed E-state index contributed by atoms with van der Waals surface area (Å²) < 4.78 is 13.4. The highest BCUT2D eigenvalue weighted by molar-refractivity contribution is 6.33. The van der Waals surface area contributed by atoms with Gasteiger partial charge in [-0.3, -0.25) is 0 Å². The third-order valence-corrected chi connectivity index (χ3v) is 3.10. The third kappa shape index (κ3) is 2.41. The molecule has 0 spiro atoms. The lowest BCUT2D eigenvalue weighted by Gasteiger charge is -2.13. The molecule has 0 amide bonds. The fourth-order valence-electron chi connectivity index (χ4n) is 1.76. The van der Waals surface area contributed by atoms with Crippen LogP contribution in [0.5, 0.6) is 0 Å². The van der Waals surface area contributed by atoms with Crippen molar-refractivity contribution in [1.29, 1.82) is 0 Å². The summed E-state index contributed by atoms with van der Waals surface area (Å²) in [5.41, 5.74) is 8.80. The molecule has 0 saturated heterocycles. The number of nitrogens with zero attached hydrogens (tertiary/aromatic N) is 1. The van der Waals surface area contributed by atoms with E-state index in [1.807, 2.05) is 43.3 Å². The van der Waals surface area contributed by atoms with Crippen molar-refractivity contribution in [3.8, 4) is 11.1 Å². The average Bonchev–Trinajstić information content (AvgIpc) is 2.34. The first-order valence-electron chi connectivity index (χ1n) is 5.51. The van der Waals surface area contributed by atoms with Crippen molar-refractivity contribution >= 4 is 23.0 Å². The Bertz CT molecular complexity index is 565. The van der Waals surface area contributed by atoms with Crippen LogP contribution in [0.25, 0.3) is 11.1 Å². The highest BCUT2D eigenvalue weighted by Gasteiger charge is 2.09. The highest BCUT2D eigenvalue weighted by atomic mass is 35.5. The van der Waals surface area contributed by atoms with Gasteiger partial charge in [0.25, 0.3) is 0 Å². The summed E-state index contributed by atoms with van der Waals surface area (Å²) >= 11 is 5.88. The molecule has 0 aliphatic carbocycles. The lowest BCUT2D eigenvalue weighted by Crippen LogP contribution is -2.07. The smallest absolute Gasteiger partial charge is 0.125 e. The molecule has 0 fully saturated rings. The van der Waals surface area contributed by atoms with E-state index in [0.717, 1.165) is 11.3 Å². The molecule has 94 valence electrons. The maximum atomic E-state index is 13.4. The summed E-state index contributed by atoms with van der Waals surface area (Å²) in [5, 5.41) is 0.238. The third-order valence-electron chi connectivity index (χ3n) is 2.79. The molecule has 0 aromatic heterocycles. The molecule has 0 radical (unpaired) electrons. The Kier molecular flexibility index (Phi) is 3.43. The Balaban J connectivity index is 2.49. The van der Waals surface area contributed by atoms with E-state index in [1.165, 1.54) is 12.1 Å². The summed E-state index contributed by atoms with van der Waals surface area (Å²) in [6.07, 6.45) is 0. The average molecular weight is 265 g/mol. The molecule has 0 aliphatic rings. The van der Waals surface area contributed by atoms with Crippen LogP contribution >= 0.6 is 11.6 Å². The number of hydrogen-bond acceptors (Lipinski definition) is 2. The van der Waals surface area contributed by atoms with E-state index in [-0.39, 0.29) is 10.8 Å². The molecule has 0 heterocycles.